The minimum absolute atomic E-state index is 0.0218. The first-order valence-corrected chi connectivity index (χ1v) is 9.05. The van der Waals surface area contributed by atoms with Gasteiger partial charge in [-0.1, -0.05) is 36.4 Å². The molecule has 0 aliphatic rings. The molecule has 2 aromatic carbocycles. The average molecular weight is 372 g/mol. The van der Waals surface area contributed by atoms with Crippen LogP contribution in [-0.4, -0.2) is 15.1 Å². The number of benzene rings is 2. The van der Waals surface area contributed by atoms with Gasteiger partial charge in [-0.2, -0.15) is 4.98 Å². The number of nitrogens with zero attached hydrogens (tertiary/aromatic N) is 3. The molecule has 0 saturated heterocycles. The van der Waals surface area contributed by atoms with Crippen LogP contribution in [-0.2, 0) is 6.61 Å². The summed E-state index contributed by atoms with van der Waals surface area (Å²) in [5.41, 5.74) is 3.03. The van der Waals surface area contributed by atoms with E-state index >= 15 is 0 Å². The van der Waals surface area contributed by atoms with Gasteiger partial charge < -0.3 is 14.6 Å². The first-order chi connectivity index (χ1) is 13.8. The zero-order valence-corrected chi connectivity index (χ0v) is 15.4. The van der Waals surface area contributed by atoms with Crippen LogP contribution in [0.5, 0.6) is 5.75 Å². The van der Waals surface area contributed by atoms with E-state index in [-0.39, 0.29) is 6.04 Å². The Bertz CT molecular complexity index is 1000. The number of nitrogens with one attached hydrogen (secondary N) is 1. The number of anilines is 1. The number of rotatable bonds is 7. The van der Waals surface area contributed by atoms with Gasteiger partial charge in [0.25, 0.3) is 11.8 Å². The maximum Gasteiger partial charge on any atom is 0.264 e. The van der Waals surface area contributed by atoms with Crippen molar-refractivity contribution in [1.82, 2.24) is 15.1 Å². The monoisotopic (exact) mass is 372 g/mol. The van der Waals surface area contributed by atoms with Crippen LogP contribution in [0.2, 0.25) is 0 Å². The van der Waals surface area contributed by atoms with E-state index in [0.29, 0.717) is 18.4 Å². The Balaban J connectivity index is 1.36. The van der Waals surface area contributed by atoms with E-state index in [4.69, 9.17) is 9.26 Å². The van der Waals surface area contributed by atoms with Crippen LogP contribution in [0.15, 0.2) is 83.6 Å². The van der Waals surface area contributed by atoms with E-state index in [2.05, 4.69) is 20.4 Å². The molecule has 140 valence electrons. The van der Waals surface area contributed by atoms with Gasteiger partial charge in [-0.3, -0.25) is 4.98 Å². The molecule has 6 nitrogen and oxygen atoms in total. The molecule has 0 fully saturated rings. The van der Waals surface area contributed by atoms with Gasteiger partial charge in [-0.15, -0.1) is 0 Å². The fourth-order valence-electron chi connectivity index (χ4n) is 2.76. The van der Waals surface area contributed by atoms with E-state index in [9.17, 15) is 0 Å². The van der Waals surface area contributed by atoms with Crippen molar-refractivity contribution in [3.05, 3.63) is 90.3 Å². The third kappa shape index (κ3) is 4.35. The van der Waals surface area contributed by atoms with Crippen LogP contribution in [0, 0.1) is 0 Å². The topological polar surface area (TPSA) is 73.1 Å². The maximum absolute atomic E-state index is 5.80. The van der Waals surface area contributed by atoms with Gasteiger partial charge in [-0.05, 0) is 48.0 Å². The third-order valence-electron chi connectivity index (χ3n) is 4.30. The predicted molar refractivity (Wildman–Crippen MR) is 107 cm³/mol. The Morgan fingerprint density at radius 2 is 1.82 bits per heavy atom. The Morgan fingerprint density at radius 1 is 1.00 bits per heavy atom. The fourth-order valence-corrected chi connectivity index (χ4v) is 2.76. The molecule has 28 heavy (non-hydrogen) atoms. The summed E-state index contributed by atoms with van der Waals surface area (Å²) in [6.45, 7) is 2.54. The summed E-state index contributed by atoms with van der Waals surface area (Å²) in [6, 6.07) is 21.6. The van der Waals surface area contributed by atoms with Gasteiger partial charge in [0, 0.05) is 23.5 Å². The SMILES string of the molecule is CC(Nc1noc(-c2ccccc2)n1)c1ccc(OCc2cccnc2)cc1. The van der Waals surface area contributed by atoms with E-state index in [0.717, 1.165) is 22.4 Å². The molecule has 0 aliphatic heterocycles. The zero-order valence-electron chi connectivity index (χ0n) is 15.4. The highest BCUT2D eigenvalue weighted by molar-refractivity contribution is 5.53. The van der Waals surface area contributed by atoms with Crippen LogP contribution in [0.25, 0.3) is 11.5 Å². The molecular weight excluding hydrogens is 352 g/mol. The number of ether oxygens (including phenoxy) is 1. The van der Waals surface area contributed by atoms with Crippen molar-refractivity contribution in [2.75, 3.05) is 5.32 Å². The fraction of sp³-hybridized carbons (Fsp3) is 0.136. The second kappa shape index (κ2) is 8.35. The van der Waals surface area contributed by atoms with Crippen LogP contribution in [0.1, 0.15) is 24.1 Å². The van der Waals surface area contributed by atoms with Crippen LogP contribution in [0.3, 0.4) is 0 Å². The van der Waals surface area contributed by atoms with Crippen molar-refractivity contribution in [2.45, 2.75) is 19.6 Å². The smallest absolute Gasteiger partial charge is 0.264 e. The largest absolute Gasteiger partial charge is 0.489 e. The maximum atomic E-state index is 5.80. The van der Waals surface area contributed by atoms with Crippen molar-refractivity contribution in [3.8, 4) is 17.2 Å². The molecule has 1 atom stereocenters. The lowest BCUT2D eigenvalue weighted by molar-refractivity contribution is 0.305. The van der Waals surface area contributed by atoms with Crippen molar-refractivity contribution in [3.63, 3.8) is 0 Å². The summed E-state index contributed by atoms with van der Waals surface area (Å²) in [7, 11) is 0. The molecule has 1 unspecified atom stereocenters. The Morgan fingerprint density at radius 3 is 2.57 bits per heavy atom. The molecule has 1 N–H and O–H groups in total. The summed E-state index contributed by atoms with van der Waals surface area (Å²) in [4.78, 5) is 8.49. The van der Waals surface area contributed by atoms with Crippen LogP contribution in [0.4, 0.5) is 5.95 Å². The summed E-state index contributed by atoms with van der Waals surface area (Å²) in [6.07, 6.45) is 3.55. The molecule has 0 aliphatic carbocycles. The second-order valence-electron chi connectivity index (χ2n) is 6.37. The lowest BCUT2D eigenvalue weighted by atomic mass is 10.1. The highest BCUT2D eigenvalue weighted by Crippen LogP contribution is 2.23. The molecule has 2 aromatic heterocycles. The molecule has 0 spiro atoms. The van der Waals surface area contributed by atoms with E-state index in [1.807, 2.05) is 73.7 Å². The average Bonchev–Trinajstić information content (AvgIpc) is 3.22. The highest BCUT2D eigenvalue weighted by Gasteiger charge is 2.12. The van der Waals surface area contributed by atoms with E-state index < -0.39 is 0 Å². The number of hydrogen-bond acceptors (Lipinski definition) is 6. The molecule has 0 bridgehead atoms. The van der Waals surface area contributed by atoms with Crippen molar-refractivity contribution >= 4 is 5.95 Å². The number of aromatic nitrogens is 3. The highest BCUT2D eigenvalue weighted by atomic mass is 16.5. The van der Waals surface area contributed by atoms with Gasteiger partial charge in [0.15, 0.2) is 0 Å². The molecule has 0 saturated carbocycles. The van der Waals surface area contributed by atoms with Crippen LogP contribution < -0.4 is 10.1 Å². The molecule has 2 heterocycles. The van der Waals surface area contributed by atoms with Crippen molar-refractivity contribution in [1.29, 1.82) is 0 Å². The molecule has 0 amide bonds. The van der Waals surface area contributed by atoms with Crippen molar-refractivity contribution in [2.24, 2.45) is 0 Å². The first-order valence-electron chi connectivity index (χ1n) is 9.05. The molecule has 4 rings (SSSR count). The van der Waals surface area contributed by atoms with Gasteiger partial charge in [0.1, 0.15) is 12.4 Å². The summed E-state index contributed by atoms with van der Waals surface area (Å²) in [5, 5.41) is 7.27. The van der Waals surface area contributed by atoms with Gasteiger partial charge in [0.2, 0.25) is 0 Å². The second-order valence-corrected chi connectivity index (χ2v) is 6.37. The third-order valence-corrected chi connectivity index (χ3v) is 4.30. The molecule has 4 aromatic rings. The Hall–Kier alpha value is -3.67. The predicted octanol–water partition coefficient (Wildman–Crippen LogP) is 4.88. The standard InChI is InChI=1S/C22H20N4O2/c1-16(24-22-25-21(28-26-22)19-7-3-2-4-8-19)18-9-11-20(12-10-18)27-15-17-6-5-13-23-14-17/h2-14,16H,15H2,1H3,(H,24,26). The lowest BCUT2D eigenvalue weighted by Gasteiger charge is -2.13. The van der Waals surface area contributed by atoms with E-state index in [1.54, 1.807) is 12.4 Å². The summed E-state index contributed by atoms with van der Waals surface area (Å²) >= 11 is 0. The normalized spacial score (nSPS) is 11.8. The molecular formula is C22H20N4O2. The Kier molecular flexibility index (Phi) is 5.29. The molecule has 0 radical (unpaired) electrons. The van der Waals surface area contributed by atoms with Gasteiger partial charge in [-0.25, -0.2) is 0 Å². The number of hydrogen-bond donors (Lipinski definition) is 1. The van der Waals surface area contributed by atoms with Gasteiger partial charge >= 0.3 is 0 Å². The lowest BCUT2D eigenvalue weighted by Crippen LogP contribution is -2.07. The summed E-state index contributed by atoms with van der Waals surface area (Å²) in [5.74, 6) is 1.77. The van der Waals surface area contributed by atoms with Crippen LogP contribution >= 0.6 is 0 Å². The quantitative estimate of drug-likeness (QED) is 0.498. The minimum Gasteiger partial charge on any atom is -0.489 e. The van der Waals surface area contributed by atoms with E-state index in [1.165, 1.54) is 0 Å². The first kappa shape index (κ1) is 17.7. The molecule has 6 heteroatoms. The van der Waals surface area contributed by atoms with Crippen molar-refractivity contribution < 1.29 is 9.26 Å². The zero-order chi connectivity index (χ0) is 19.2. The summed E-state index contributed by atoms with van der Waals surface area (Å²) < 4.78 is 11.1. The Labute approximate surface area is 163 Å². The number of pyridine rings is 1. The minimum atomic E-state index is 0.0218. The van der Waals surface area contributed by atoms with Gasteiger partial charge in [0.05, 0.1) is 6.04 Å².